The van der Waals surface area contributed by atoms with Gasteiger partial charge in [0, 0.05) is 52.3 Å². The fraction of sp³-hybridized carbons (Fsp3) is 0.565. The van der Waals surface area contributed by atoms with E-state index in [4.69, 9.17) is 5.73 Å². The maximum atomic E-state index is 13.2. The monoisotopic (exact) mass is 474 g/mol. The molecule has 1 aromatic rings. The summed E-state index contributed by atoms with van der Waals surface area (Å²) in [6, 6.07) is 2.84. The molecule has 11 nitrogen and oxygen atoms in total. The fourth-order valence-corrected chi connectivity index (χ4v) is 3.85. The lowest BCUT2D eigenvalue weighted by Crippen LogP contribution is -2.56. The van der Waals surface area contributed by atoms with Gasteiger partial charge in [0.15, 0.2) is 0 Å². The summed E-state index contributed by atoms with van der Waals surface area (Å²) in [7, 11) is 0. The van der Waals surface area contributed by atoms with Crippen molar-refractivity contribution in [3.8, 4) is 0 Å². The van der Waals surface area contributed by atoms with Crippen LogP contribution in [-0.2, 0) is 24.0 Å². The SMILES string of the molecule is CCCN(CC(=O)NC(CCC(=O)C(N)=O)C(=O)N1CCN(c2ncccc2C)CC1)C(C)=O. The Hall–Kier alpha value is -3.50. The zero-order valence-electron chi connectivity index (χ0n) is 20.1. The van der Waals surface area contributed by atoms with Gasteiger partial charge in [0.05, 0.1) is 6.54 Å². The molecule has 186 valence electrons. The van der Waals surface area contributed by atoms with Gasteiger partial charge in [-0.2, -0.15) is 0 Å². The molecular formula is C23H34N6O5. The number of nitrogens with one attached hydrogen (secondary N) is 1. The van der Waals surface area contributed by atoms with E-state index in [1.54, 1.807) is 11.1 Å². The molecule has 1 saturated heterocycles. The zero-order chi connectivity index (χ0) is 25.3. The van der Waals surface area contributed by atoms with Gasteiger partial charge in [-0.05, 0) is 31.4 Å². The molecule has 11 heteroatoms. The molecule has 0 spiro atoms. The van der Waals surface area contributed by atoms with Crippen molar-refractivity contribution in [3.63, 3.8) is 0 Å². The molecule has 1 aromatic heterocycles. The van der Waals surface area contributed by atoms with Crippen molar-refractivity contribution in [1.82, 2.24) is 20.1 Å². The number of hydrogen-bond donors (Lipinski definition) is 2. The number of nitrogens with two attached hydrogens (primary N) is 1. The molecule has 34 heavy (non-hydrogen) atoms. The van der Waals surface area contributed by atoms with Crippen LogP contribution in [0.1, 0.15) is 38.7 Å². The number of carbonyl (C=O) groups excluding carboxylic acids is 5. The van der Waals surface area contributed by atoms with Crippen molar-refractivity contribution >= 4 is 35.2 Å². The standard InChI is InChI=1S/C23H34N6O5/c1-4-10-29(17(3)30)15-20(32)26-18(7-8-19(31)21(24)33)23(34)28-13-11-27(12-14-28)22-16(2)6-5-9-25-22/h5-6,9,18H,4,7-8,10-15H2,1-3H3,(H2,24,33)(H,26,32). The average molecular weight is 475 g/mol. The molecule has 0 bridgehead atoms. The number of primary amides is 1. The summed E-state index contributed by atoms with van der Waals surface area (Å²) < 4.78 is 0. The summed E-state index contributed by atoms with van der Waals surface area (Å²) in [6.07, 6.45) is 2.09. The fourth-order valence-electron chi connectivity index (χ4n) is 3.85. The van der Waals surface area contributed by atoms with Gasteiger partial charge in [0.25, 0.3) is 5.91 Å². The van der Waals surface area contributed by atoms with E-state index in [-0.39, 0.29) is 31.2 Å². The number of anilines is 1. The first-order chi connectivity index (χ1) is 16.1. The first-order valence-corrected chi connectivity index (χ1v) is 11.5. The normalized spacial score (nSPS) is 14.3. The van der Waals surface area contributed by atoms with E-state index in [1.807, 2.05) is 26.0 Å². The van der Waals surface area contributed by atoms with Gasteiger partial charge in [0.1, 0.15) is 11.9 Å². The summed E-state index contributed by atoms with van der Waals surface area (Å²) in [5.74, 6) is -2.11. The number of piperazine rings is 1. The first-order valence-electron chi connectivity index (χ1n) is 11.5. The highest BCUT2D eigenvalue weighted by Gasteiger charge is 2.30. The quantitative estimate of drug-likeness (QED) is 0.416. The minimum absolute atomic E-state index is 0.0558. The molecule has 1 fully saturated rings. The zero-order valence-corrected chi connectivity index (χ0v) is 20.1. The van der Waals surface area contributed by atoms with Gasteiger partial charge < -0.3 is 25.8 Å². The molecule has 1 aliphatic heterocycles. The van der Waals surface area contributed by atoms with E-state index in [0.29, 0.717) is 39.1 Å². The highest BCUT2D eigenvalue weighted by atomic mass is 16.2. The number of hydrogen-bond acceptors (Lipinski definition) is 7. The van der Waals surface area contributed by atoms with E-state index in [2.05, 4.69) is 15.2 Å². The van der Waals surface area contributed by atoms with E-state index in [0.717, 1.165) is 11.4 Å². The lowest BCUT2D eigenvalue weighted by molar-refractivity contribution is -0.139. The molecule has 0 aliphatic carbocycles. The van der Waals surface area contributed by atoms with Crippen LogP contribution in [0.4, 0.5) is 5.82 Å². The van der Waals surface area contributed by atoms with Gasteiger partial charge in [-0.25, -0.2) is 4.98 Å². The van der Waals surface area contributed by atoms with Gasteiger partial charge >= 0.3 is 0 Å². The Balaban J connectivity index is 2.06. The highest BCUT2D eigenvalue weighted by Crippen LogP contribution is 2.18. The molecule has 3 N–H and O–H groups in total. The smallest absolute Gasteiger partial charge is 0.284 e. The number of pyridine rings is 1. The van der Waals surface area contributed by atoms with Crippen LogP contribution >= 0.6 is 0 Å². The van der Waals surface area contributed by atoms with E-state index in [9.17, 15) is 24.0 Å². The van der Waals surface area contributed by atoms with Crippen LogP contribution in [0.3, 0.4) is 0 Å². The molecule has 2 heterocycles. The molecule has 4 amide bonds. The predicted molar refractivity (Wildman–Crippen MR) is 126 cm³/mol. The molecule has 2 rings (SSSR count). The second-order valence-electron chi connectivity index (χ2n) is 8.34. The molecule has 0 radical (unpaired) electrons. The van der Waals surface area contributed by atoms with E-state index in [1.165, 1.54) is 11.8 Å². The van der Waals surface area contributed by atoms with Crippen molar-refractivity contribution in [1.29, 1.82) is 0 Å². The van der Waals surface area contributed by atoms with Crippen LogP contribution in [0.2, 0.25) is 0 Å². The van der Waals surface area contributed by atoms with Crippen LogP contribution in [0.25, 0.3) is 0 Å². The Morgan fingerprint density at radius 1 is 1.18 bits per heavy atom. The van der Waals surface area contributed by atoms with Crippen molar-refractivity contribution in [2.24, 2.45) is 5.73 Å². The van der Waals surface area contributed by atoms with Crippen molar-refractivity contribution in [2.75, 3.05) is 44.2 Å². The van der Waals surface area contributed by atoms with Crippen LogP contribution in [0.15, 0.2) is 18.3 Å². The molecule has 1 unspecified atom stereocenters. The second-order valence-corrected chi connectivity index (χ2v) is 8.34. The third-order valence-electron chi connectivity index (χ3n) is 5.71. The number of rotatable bonds is 11. The minimum atomic E-state index is -1.08. The Labute approximate surface area is 199 Å². The number of nitrogens with zero attached hydrogens (tertiary/aromatic N) is 4. The van der Waals surface area contributed by atoms with Gasteiger partial charge in [-0.15, -0.1) is 0 Å². The average Bonchev–Trinajstić information content (AvgIpc) is 2.81. The predicted octanol–water partition coefficient (Wildman–Crippen LogP) is -0.383. The summed E-state index contributed by atoms with van der Waals surface area (Å²) in [5, 5.41) is 2.65. The Bertz CT molecular complexity index is 913. The summed E-state index contributed by atoms with van der Waals surface area (Å²) in [4.78, 5) is 70.0. The number of aromatic nitrogens is 1. The first kappa shape index (κ1) is 26.7. The second kappa shape index (κ2) is 12.7. The molecular weight excluding hydrogens is 440 g/mol. The Morgan fingerprint density at radius 2 is 1.85 bits per heavy atom. The number of ketones is 1. The topological polar surface area (TPSA) is 146 Å². The molecule has 0 aromatic carbocycles. The number of carbonyl (C=O) groups is 5. The number of amides is 4. The third kappa shape index (κ3) is 7.53. The maximum absolute atomic E-state index is 13.2. The van der Waals surface area contributed by atoms with Crippen molar-refractivity contribution in [3.05, 3.63) is 23.9 Å². The molecule has 1 aliphatic rings. The highest BCUT2D eigenvalue weighted by molar-refractivity contribution is 6.35. The van der Waals surface area contributed by atoms with E-state index >= 15 is 0 Å². The lowest BCUT2D eigenvalue weighted by atomic mass is 10.1. The largest absolute Gasteiger partial charge is 0.363 e. The maximum Gasteiger partial charge on any atom is 0.284 e. The Morgan fingerprint density at radius 3 is 2.41 bits per heavy atom. The summed E-state index contributed by atoms with van der Waals surface area (Å²) in [6.45, 7) is 7.44. The Kier molecular flexibility index (Phi) is 9.96. The number of aryl methyl sites for hydroxylation is 1. The summed E-state index contributed by atoms with van der Waals surface area (Å²) >= 11 is 0. The van der Waals surface area contributed by atoms with Gasteiger partial charge in [-0.3, -0.25) is 24.0 Å². The van der Waals surface area contributed by atoms with Crippen LogP contribution in [0.5, 0.6) is 0 Å². The molecule has 0 saturated carbocycles. The third-order valence-corrected chi connectivity index (χ3v) is 5.71. The van der Waals surface area contributed by atoms with Crippen molar-refractivity contribution in [2.45, 2.75) is 46.1 Å². The minimum Gasteiger partial charge on any atom is -0.363 e. The van der Waals surface area contributed by atoms with Gasteiger partial charge in [-0.1, -0.05) is 13.0 Å². The van der Waals surface area contributed by atoms with Crippen molar-refractivity contribution < 1.29 is 24.0 Å². The summed E-state index contributed by atoms with van der Waals surface area (Å²) in [5.41, 5.74) is 6.07. The number of Topliss-reactive ketones (excluding diaryl/α,β-unsaturated/α-hetero) is 1. The lowest BCUT2D eigenvalue weighted by Gasteiger charge is -2.37. The molecule has 1 atom stereocenters. The van der Waals surface area contributed by atoms with E-state index < -0.39 is 23.6 Å². The van der Waals surface area contributed by atoms with Crippen LogP contribution < -0.4 is 16.0 Å². The van der Waals surface area contributed by atoms with Gasteiger partial charge in [0.2, 0.25) is 23.5 Å². The van der Waals surface area contributed by atoms with Crippen LogP contribution in [0, 0.1) is 6.92 Å². The van der Waals surface area contributed by atoms with Crippen LogP contribution in [-0.4, -0.2) is 89.5 Å².